The largest absolute Gasteiger partial charge is 0.365 e. The van der Waals surface area contributed by atoms with Crippen molar-refractivity contribution in [3.63, 3.8) is 0 Å². The Morgan fingerprint density at radius 2 is 2.18 bits per heavy atom. The van der Waals surface area contributed by atoms with Crippen LogP contribution in [0.1, 0.15) is 32.4 Å². The lowest BCUT2D eigenvalue weighted by Gasteiger charge is -2.24. The molecule has 0 radical (unpaired) electrons. The normalized spacial score (nSPS) is 12.3. The molecule has 0 heterocycles. The molecule has 0 aromatic heterocycles. The molecule has 2 N–H and O–H groups in total. The zero-order valence-electron chi connectivity index (χ0n) is 10.8. The summed E-state index contributed by atoms with van der Waals surface area (Å²) in [7, 11) is 0. The molecule has 1 rings (SSSR count). The molecule has 1 atom stereocenters. The molecule has 0 aliphatic heterocycles. The molecular weight excluding hydrogens is 215 g/mol. The first-order chi connectivity index (χ1) is 7.95. The summed E-state index contributed by atoms with van der Waals surface area (Å²) in [5.41, 5.74) is 8.17. The first-order valence-electron chi connectivity index (χ1n) is 5.90. The van der Waals surface area contributed by atoms with Gasteiger partial charge in [-0.15, -0.1) is 0 Å². The lowest BCUT2D eigenvalue weighted by molar-refractivity contribution is 0.615. The van der Waals surface area contributed by atoms with E-state index in [-0.39, 0.29) is 11.9 Å². The van der Waals surface area contributed by atoms with Crippen LogP contribution < -0.4 is 10.6 Å². The third kappa shape index (κ3) is 3.56. The molecule has 0 spiro atoms. The number of benzene rings is 1. The van der Waals surface area contributed by atoms with Gasteiger partial charge in [0.25, 0.3) is 0 Å². The number of hydrogen-bond donors (Lipinski definition) is 1. The molecule has 17 heavy (non-hydrogen) atoms. The number of rotatable bonds is 5. The molecule has 0 saturated heterocycles. The second-order valence-electron chi connectivity index (χ2n) is 4.47. The van der Waals surface area contributed by atoms with Crippen LogP contribution >= 0.6 is 0 Å². The minimum absolute atomic E-state index is 0.144. The summed E-state index contributed by atoms with van der Waals surface area (Å²) in [6.07, 6.45) is 0. The van der Waals surface area contributed by atoms with Gasteiger partial charge >= 0.3 is 0 Å². The highest BCUT2D eigenvalue weighted by Gasteiger charge is 2.11. The standard InChI is InChI=1S/C14H21FN2/c1-5-17(9-10(2)3)14-7-6-12(11(4)16)8-13(14)15/h6-8,11H,2,5,9,16H2,1,3-4H3. The predicted octanol–water partition coefficient (Wildman–Crippen LogP) is 3.25. The van der Waals surface area contributed by atoms with Crippen LogP contribution in [0.4, 0.5) is 10.1 Å². The number of likely N-dealkylation sites (N-methyl/N-ethyl adjacent to an activating group) is 1. The Balaban J connectivity index is 3.00. The van der Waals surface area contributed by atoms with Crippen LogP contribution in [0.25, 0.3) is 0 Å². The van der Waals surface area contributed by atoms with E-state index in [0.717, 1.165) is 17.7 Å². The lowest BCUT2D eigenvalue weighted by Crippen LogP contribution is -2.25. The van der Waals surface area contributed by atoms with E-state index in [2.05, 4.69) is 6.58 Å². The van der Waals surface area contributed by atoms with Gasteiger partial charge in [0.2, 0.25) is 0 Å². The molecular formula is C14H21FN2. The highest BCUT2D eigenvalue weighted by molar-refractivity contribution is 5.50. The average Bonchev–Trinajstić information content (AvgIpc) is 2.25. The molecule has 1 aromatic rings. The van der Waals surface area contributed by atoms with Gasteiger partial charge in [0.15, 0.2) is 0 Å². The highest BCUT2D eigenvalue weighted by atomic mass is 19.1. The van der Waals surface area contributed by atoms with Crippen molar-refractivity contribution < 1.29 is 4.39 Å². The molecule has 0 saturated carbocycles. The zero-order valence-corrected chi connectivity index (χ0v) is 10.8. The summed E-state index contributed by atoms with van der Waals surface area (Å²) in [5.74, 6) is -0.220. The maximum Gasteiger partial charge on any atom is 0.146 e. The van der Waals surface area contributed by atoms with E-state index in [9.17, 15) is 4.39 Å². The van der Waals surface area contributed by atoms with Gasteiger partial charge in [-0.3, -0.25) is 0 Å². The van der Waals surface area contributed by atoms with Crippen LogP contribution in [0, 0.1) is 5.82 Å². The Kier molecular flexibility index (Phi) is 4.70. The molecule has 3 heteroatoms. The van der Waals surface area contributed by atoms with Crippen LogP contribution in [0.5, 0.6) is 0 Å². The van der Waals surface area contributed by atoms with Gasteiger partial charge in [-0.25, -0.2) is 4.39 Å². The number of nitrogens with two attached hydrogens (primary N) is 1. The zero-order chi connectivity index (χ0) is 13.0. The van der Waals surface area contributed by atoms with Crippen LogP contribution in [-0.2, 0) is 0 Å². The first-order valence-corrected chi connectivity index (χ1v) is 5.90. The van der Waals surface area contributed by atoms with Crippen molar-refractivity contribution in [3.05, 3.63) is 41.7 Å². The molecule has 1 aromatic carbocycles. The number of halogens is 1. The number of nitrogens with zero attached hydrogens (tertiary/aromatic N) is 1. The second-order valence-corrected chi connectivity index (χ2v) is 4.47. The van der Waals surface area contributed by atoms with Crippen molar-refractivity contribution in [2.45, 2.75) is 26.8 Å². The fourth-order valence-electron chi connectivity index (χ4n) is 1.76. The fourth-order valence-corrected chi connectivity index (χ4v) is 1.76. The molecule has 2 nitrogen and oxygen atoms in total. The highest BCUT2D eigenvalue weighted by Crippen LogP contribution is 2.23. The Hall–Kier alpha value is -1.35. The van der Waals surface area contributed by atoms with Crippen molar-refractivity contribution in [1.29, 1.82) is 0 Å². The number of hydrogen-bond acceptors (Lipinski definition) is 2. The molecule has 0 aliphatic rings. The molecule has 0 fully saturated rings. The Morgan fingerprint density at radius 3 is 2.59 bits per heavy atom. The number of anilines is 1. The van der Waals surface area contributed by atoms with Crippen molar-refractivity contribution in [2.75, 3.05) is 18.0 Å². The van der Waals surface area contributed by atoms with E-state index in [1.54, 1.807) is 6.07 Å². The summed E-state index contributed by atoms with van der Waals surface area (Å²) < 4.78 is 14.0. The van der Waals surface area contributed by atoms with Gasteiger partial charge in [-0.2, -0.15) is 0 Å². The molecule has 1 unspecified atom stereocenters. The van der Waals surface area contributed by atoms with Crippen LogP contribution in [0.3, 0.4) is 0 Å². The van der Waals surface area contributed by atoms with Gasteiger partial charge in [0, 0.05) is 19.1 Å². The third-order valence-corrected chi connectivity index (χ3v) is 2.68. The molecule has 94 valence electrons. The monoisotopic (exact) mass is 236 g/mol. The molecule has 0 aliphatic carbocycles. The smallest absolute Gasteiger partial charge is 0.146 e. The summed E-state index contributed by atoms with van der Waals surface area (Å²) >= 11 is 0. The van der Waals surface area contributed by atoms with Crippen molar-refractivity contribution in [1.82, 2.24) is 0 Å². The van der Waals surface area contributed by atoms with E-state index in [1.807, 2.05) is 31.7 Å². The second kappa shape index (κ2) is 5.82. The Morgan fingerprint density at radius 1 is 1.53 bits per heavy atom. The topological polar surface area (TPSA) is 29.3 Å². The van der Waals surface area contributed by atoms with Gasteiger partial charge in [0.1, 0.15) is 5.82 Å². The van der Waals surface area contributed by atoms with Crippen LogP contribution in [0.15, 0.2) is 30.4 Å². The molecule has 0 amide bonds. The van der Waals surface area contributed by atoms with Crippen LogP contribution in [-0.4, -0.2) is 13.1 Å². The maximum atomic E-state index is 14.0. The van der Waals surface area contributed by atoms with E-state index in [4.69, 9.17) is 5.73 Å². The Labute approximate surface area is 103 Å². The summed E-state index contributed by atoms with van der Waals surface area (Å²) in [6.45, 7) is 11.1. The van der Waals surface area contributed by atoms with Gasteiger partial charge in [-0.05, 0) is 38.5 Å². The predicted molar refractivity (Wildman–Crippen MR) is 71.7 cm³/mol. The van der Waals surface area contributed by atoms with E-state index in [0.29, 0.717) is 12.2 Å². The summed E-state index contributed by atoms with van der Waals surface area (Å²) in [6, 6.07) is 5.04. The lowest BCUT2D eigenvalue weighted by atomic mass is 10.1. The Bertz CT molecular complexity index is 399. The average molecular weight is 236 g/mol. The van der Waals surface area contributed by atoms with Gasteiger partial charge in [0.05, 0.1) is 5.69 Å². The minimum atomic E-state index is -0.220. The third-order valence-electron chi connectivity index (χ3n) is 2.68. The first kappa shape index (κ1) is 13.7. The summed E-state index contributed by atoms with van der Waals surface area (Å²) in [4.78, 5) is 1.96. The van der Waals surface area contributed by atoms with Crippen molar-refractivity contribution >= 4 is 5.69 Å². The van der Waals surface area contributed by atoms with Crippen molar-refractivity contribution in [3.8, 4) is 0 Å². The van der Waals surface area contributed by atoms with Gasteiger partial charge < -0.3 is 10.6 Å². The van der Waals surface area contributed by atoms with E-state index in [1.165, 1.54) is 6.07 Å². The minimum Gasteiger partial charge on any atom is -0.365 e. The SMILES string of the molecule is C=C(C)CN(CC)c1ccc(C(C)N)cc1F. The fraction of sp³-hybridized carbons (Fsp3) is 0.429. The van der Waals surface area contributed by atoms with E-state index >= 15 is 0 Å². The van der Waals surface area contributed by atoms with E-state index < -0.39 is 0 Å². The van der Waals surface area contributed by atoms with Crippen molar-refractivity contribution in [2.24, 2.45) is 5.73 Å². The quantitative estimate of drug-likeness (QED) is 0.795. The summed E-state index contributed by atoms with van der Waals surface area (Å²) in [5, 5.41) is 0. The maximum absolute atomic E-state index is 14.0. The molecule has 0 bridgehead atoms. The van der Waals surface area contributed by atoms with Gasteiger partial charge in [-0.1, -0.05) is 18.2 Å². The van der Waals surface area contributed by atoms with Crippen LogP contribution in [0.2, 0.25) is 0 Å².